The average Bonchev–Trinajstić information content (AvgIpc) is 3.53. The van der Waals surface area contributed by atoms with Crippen LogP contribution in [0.25, 0.3) is 0 Å². The van der Waals surface area contributed by atoms with Crippen LogP contribution in [0.3, 0.4) is 0 Å². The highest BCUT2D eigenvalue weighted by atomic mass is 32.2. The van der Waals surface area contributed by atoms with Crippen molar-refractivity contribution in [2.45, 2.75) is 42.6 Å². The molecule has 0 aromatic heterocycles. The highest BCUT2D eigenvalue weighted by Gasteiger charge is 2.73. The summed E-state index contributed by atoms with van der Waals surface area (Å²) < 4.78 is 114. The molecule has 0 spiro atoms. The molecule has 0 atom stereocenters. The number of alkyl halides is 6. The number of hydrogen-bond donors (Lipinski definition) is 0. The Morgan fingerprint density at radius 1 is 0.906 bits per heavy atom. The minimum absolute atomic E-state index is 0.0568. The molecule has 0 radical (unpaired) electrons. The first-order valence-corrected chi connectivity index (χ1v) is 11.2. The van der Waals surface area contributed by atoms with E-state index in [2.05, 4.69) is 4.74 Å². The van der Waals surface area contributed by atoms with Gasteiger partial charge in [-0.2, -0.15) is 26.3 Å². The third-order valence-electron chi connectivity index (χ3n) is 5.21. The van der Waals surface area contributed by atoms with Gasteiger partial charge in [-0.3, -0.25) is 4.31 Å². The van der Waals surface area contributed by atoms with Gasteiger partial charge in [-0.05, 0) is 49.9 Å². The van der Waals surface area contributed by atoms with Crippen molar-refractivity contribution in [3.63, 3.8) is 0 Å². The fourth-order valence-corrected chi connectivity index (χ4v) is 4.83. The summed E-state index contributed by atoms with van der Waals surface area (Å²) in [5.41, 5.74) is -5.73. The number of hydrogen-bond acceptors (Lipinski definition) is 3. The Balaban J connectivity index is 2.03. The Morgan fingerprint density at radius 3 is 1.88 bits per heavy atom. The summed E-state index contributed by atoms with van der Waals surface area (Å²) >= 11 is 0. The Kier molecular flexibility index (Phi) is 6.54. The second kappa shape index (κ2) is 8.58. The van der Waals surface area contributed by atoms with Gasteiger partial charge in [-0.1, -0.05) is 30.3 Å². The van der Waals surface area contributed by atoms with Crippen molar-refractivity contribution < 1.29 is 39.5 Å². The molecule has 0 N–H and O–H groups in total. The van der Waals surface area contributed by atoms with Crippen molar-refractivity contribution in [1.82, 2.24) is 0 Å². The average molecular weight is 481 g/mol. The monoisotopic (exact) mass is 481 g/mol. The molecule has 2 aromatic carbocycles. The molecular weight excluding hydrogens is 460 g/mol. The first-order chi connectivity index (χ1) is 14.8. The third-order valence-corrected chi connectivity index (χ3v) is 7.13. The highest BCUT2D eigenvalue weighted by Crippen LogP contribution is 2.54. The quantitative estimate of drug-likeness (QED) is 0.458. The lowest BCUT2D eigenvalue weighted by Gasteiger charge is -2.37. The molecular formula is C21H21F6NO3S. The highest BCUT2D eigenvalue weighted by molar-refractivity contribution is 7.92. The number of benzene rings is 2. The van der Waals surface area contributed by atoms with Crippen LogP contribution in [0.4, 0.5) is 32.0 Å². The van der Waals surface area contributed by atoms with Crippen molar-refractivity contribution in [2.24, 2.45) is 5.92 Å². The van der Waals surface area contributed by atoms with E-state index in [0.29, 0.717) is 25.0 Å². The second-order valence-electron chi connectivity index (χ2n) is 7.46. The Labute approximate surface area is 181 Å². The van der Waals surface area contributed by atoms with E-state index in [1.807, 2.05) is 0 Å². The molecule has 1 fully saturated rings. The molecule has 0 bridgehead atoms. The maximum absolute atomic E-state index is 13.8. The van der Waals surface area contributed by atoms with Gasteiger partial charge in [-0.15, -0.1) is 0 Å². The zero-order chi connectivity index (χ0) is 23.8. The molecule has 3 rings (SSSR count). The van der Waals surface area contributed by atoms with Crippen LogP contribution in [-0.4, -0.2) is 33.9 Å². The topological polar surface area (TPSA) is 46.6 Å². The van der Waals surface area contributed by atoms with Crippen LogP contribution < -0.4 is 4.31 Å². The van der Waals surface area contributed by atoms with E-state index in [4.69, 9.17) is 0 Å². The summed E-state index contributed by atoms with van der Waals surface area (Å²) in [5, 5.41) is 0. The molecule has 4 nitrogen and oxygen atoms in total. The van der Waals surface area contributed by atoms with Gasteiger partial charge in [0.15, 0.2) is 0 Å². The zero-order valence-corrected chi connectivity index (χ0v) is 17.8. The van der Waals surface area contributed by atoms with Gasteiger partial charge in [0.2, 0.25) is 0 Å². The molecule has 1 saturated carbocycles. The van der Waals surface area contributed by atoms with Crippen LogP contribution in [0.2, 0.25) is 0 Å². The molecule has 176 valence electrons. The Bertz CT molecular complexity index is 1000. The summed E-state index contributed by atoms with van der Waals surface area (Å²) in [6.45, 7) is 0.742. The molecule has 0 amide bonds. The minimum Gasteiger partial charge on any atom is -0.354 e. The number of rotatable bonds is 8. The SMILES string of the molecule is CCN(c1ccc(C(OCC2CC2)(C(F)(F)F)C(F)(F)F)cc1)S(=O)(=O)c1ccccc1. The standard InChI is InChI=1S/C21H21F6NO3S/c1-2-28(32(29,30)18-6-4-3-5-7-18)17-12-10-16(11-13-17)19(20(22,23)24,21(25,26)27)31-14-15-8-9-15/h3-7,10-13,15H,2,8-9,14H2,1H3. The zero-order valence-electron chi connectivity index (χ0n) is 16.9. The summed E-state index contributed by atoms with van der Waals surface area (Å²) in [6, 6.07) is 10.4. The largest absolute Gasteiger partial charge is 0.430 e. The molecule has 0 aliphatic heterocycles. The number of anilines is 1. The lowest BCUT2D eigenvalue weighted by molar-refractivity contribution is -0.390. The molecule has 0 heterocycles. The summed E-state index contributed by atoms with van der Waals surface area (Å²) in [4.78, 5) is -0.0568. The second-order valence-corrected chi connectivity index (χ2v) is 9.32. The molecule has 11 heteroatoms. The van der Waals surface area contributed by atoms with Crippen LogP contribution in [0.15, 0.2) is 59.5 Å². The van der Waals surface area contributed by atoms with Crippen LogP contribution in [-0.2, 0) is 20.4 Å². The lowest BCUT2D eigenvalue weighted by Crippen LogP contribution is -2.56. The van der Waals surface area contributed by atoms with Crippen LogP contribution in [0, 0.1) is 5.92 Å². The molecule has 1 aliphatic carbocycles. The van der Waals surface area contributed by atoms with Crippen molar-refractivity contribution in [3.05, 3.63) is 60.2 Å². The van der Waals surface area contributed by atoms with E-state index in [-0.39, 0.29) is 23.0 Å². The van der Waals surface area contributed by atoms with Crippen molar-refractivity contribution in [3.8, 4) is 0 Å². The Hall–Kier alpha value is -2.27. The fraction of sp³-hybridized carbons (Fsp3) is 0.429. The fourth-order valence-electron chi connectivity index (χ4n) is 3.34. The summed E-state index contributed by atoms with van der Waals surface area (Å²) in [5.74, 6) is -0.343. The van der Waals surface area contributed by atoms with Crippen molar-refractivity contribution >= 4 is 15.7 Å². The van der Waals surface area contributed by atoms with E-state index < -0.39 is 40.1 Å². The van der Waals surface area contributed by atoms with Gasteiger partial charge in [0.25, 0.3) is 15.6 Å². The van der Waals surface area contributed by atoms with E-state index in [1.54, 1.807) is 6.07 Å². The smallest absolute Gasteiger partial charge is 0.354 e. The number of sulfonamides is 1. The first-order valence-electron chi connectivity index (χ1n) is 9.80. The van der Waals surface area contributed by atoms with Crippen LogP contribution in [0.1, 0.15) is 25.3 Å². The maximum atomic E-state index is 13.8. The first kappa shape index (κ1) is 24.4. The third kappa shape index (κ3) is 4.45. The number of ether oxygens (including phenoxy) is 1. The number of nitrogens with zero attached hydrogens (tertiary/aromatic N) is 1. The predicted molar refractivity (Wildman–Crippen MR) is 106 cm³/mol. The lowest BCUT2D eigenvalue weighted by atomic mass is 9.91. The van der Waals surface area contributed by atoms with Crippen LogP contribution in [0.5, 0.6) is 0 Å². The predicted octanol–water partition coefficient (Wildman–Crippen LogP) is 5.65. The molecule has 0 saturated heterocycles. The van der Waals surface area contributed by atoms with Gasteiger partial charge in [0.05, 0.1) is 17.2 Å². The van der Waals surface area contributed by atoms with E-state index in [9.17, 15) is 34.8 Å². The van der Waals surface area contributed by atoms with Gasteiger partial charge in [0.1, 0.15) is 0 Å². The summed E-state index contributed by atoms with van der Waals surface area (Å²) in [6.07, 6.45) is -10.5. The van der Waals surface area contributed by atoms with E-state index in [0.717, 1.165) is 16.4 Å². The summed E-state index contributed by atoms with van der Waals surface area (Å²) in [7, 11) is -4.06. The van der Waals surface area contributed by atoms with Gasteiger partial charge in [0, 0.05) is 12.1 Å². The van der Waals surface area contributed by atoms with Crippen LogP contribution >= 0.6 is 0 Å². The van der Waals surface area contributed by atoms with Gasteiger partial charge >= 0.3 is 12.4 Å². The van der Waals surface area contributed by atoms with E-state index >= 15 is 0 Å². The normalized spacial score (nSPS) is 15.6. The molecule has 1 aliphatic rings. The molecule has 32 heavy (non-hydrogen) atoms. The van der Waals surface area contributed by atoms with Crippen molar-refractivity contribution in [1.29, 1.82) is 0 Å². The number of halogens is 6. The van der Waals surface area contributed by atoms with Crippen molar-refractivity contribution in [2.75, 3.05) is 17.5 Å². The molecule has 2 aromatic rings. The van der Waals surface area contributed by atoms with Gasteiger partial charge < -0.3 is 4.74 Å². The molecule has 0 unspecified atom stereocenters. The minimum atomic E-state index is -5.78. The maximum Gasteiger partial charge on any atom is 0.430 e. The Morgan fingerprint density at radius 2 is 1.44 bits per heavy atom. The van der Waals surface area contributed by atoms with E-state index in [1.165, 1.54) is 31.2 Å². The van der Waals surface area contributed by atoms with Gasteiger partial charge in [-0.25, -0.2) is 8.42 Å².